The molecule has 27 heavy (non-hydrogen) atoms. The minimum Gasteiger partial charge on any atom is -0.497 e. The summed E-state index contributed by atoms with van der Waals surface area (Å²) in [6.45, 7) is 0. The molecule has 0 radical (unpaired) electrons. The summed E-state index contributed by atoms with van der Waals surface area (Å²) in [5, 5.41) is 3.03. The number of sulfonamides is 1. The number of carbonyl (C=O) groups excluding carboxylic acids is 1. The Balaban J connectivity index is 1.66. The molecule has 7 heteroatoms. The predicted octanol–water partition coefficient (Wildman–Crippen LogP) is 3.56. The highest BCUT2D eigenvalue weighted by Gasteiger charge is 2.18. The molecule has 3 rings (SSSR count). The Kier molecular flexibility index (Phi) is 6.01. The van der Waals surface area contributed by atoms with Crippen LogP contribution in [-0.4, -0.2) is 27.5 Å². The van der Waals surface area contributed by atoms with Gasteiger partial charge in [0.05, 0.1) is 12.0 Å². The van der Waals surface area contributed by atoms with Crippen LogP contribution in [-0.2, 0) is 10.0 Å². The van der Waals surface area contributed by atoms with Crippen LogP contribution >= 0.6 is 0 Å². The average molecular weight is 388 g/mol. The number of ether oxygens (including phenoxy) is 1. The van der Waals surface area contributed by atoms with E-state index in [9.17, 15) is 13.2 Å². The van der Waals surface area contributed by atoms with E-state index >= 15 is 0 Å². The van der Waals surface area contributed by atoms with Crippen LogP contribution in [0, 0.1) is 0 Å². The summed E-state index contributed by atoms with van der Waals surface area (Å²) < 4.78 is 32.6. The van der Waals surface area contributed by atoms with Crippen LogP contribution in [0.2, 0.25) is 0 Å². The number of rotatable bonds is 6. The molecule has 2 aromatic carbocycles. The number of nitrogens with one attached hydrogen (secondary N) is 2. The Morgan fingerprint density at radius 1 is 0.963 bits per heavy atom. The van der Waals surface area contributed by atoms with Crippen molar-refractivity contribution >= 4 is 21.6 Å². The molecule has 2 N–H and O–H groups in total. The zero-order chi connectivity index (χ0) is 19.3. The Morgan fingerprint density at radius 3 is 2.19 bits per heavy atom. The summed E-state index contributed by atoms with van der Waals surface area (Å²) in [5.74, 6) is 0.486. The van der Waals surface area contributed by atoms with Gasteiger partial charge in [-0.3, -0.25) is 9.52 Å². The van der Waals surface area contributed by atoms with Crippen LogP contribution in [0.4, 0.5) is 5.69 Å². The third-order valence-electron chi connectivity index (χ3n) is 4.71. The molecule has 0 saturated heterocycles. The Morgan fingerprint density at radius 2 is 1.59 bits per heavy atom. The van der Waals surface area contributed by atoms with Gasteiger partial charge in [0.2, 0.25) is 0 Å². The van der Waals surface area contributed by atoms with E-state index in [1.54, 1.807) is 43.5 Å². The Labute approximate surface area is 160 Å². The summed E-state index contributed by atoms with van der Waals surface area (Å²) in [4.78, 5) is 12.4. The maximum absolute atomic E-state index is 12.5. The van der Waals surface area contributed by atoms with Crippen LogP contribution in [0.5, 0.6) is 5.75 Å². The highest BCUT2D eigenvalue weighted by Crippen LogP contribution is 2.20. The monoisotopic (exact) mass is 388 g/mol. The number of methoxy groups -OCH3 is 1. The van der Waals surface area contributed by atoms with Crippen molar-refractivity contribution in [2.45, 2.75) is 43.0 Å². The zero-order valence-electron chi connectivity index (χ0n) is 15.3. The fourth-order valence-electron chi connectivity index (χ4n) is 3.17. The van der Waals surface area contributed by atoms with E-state index in [1.807, 2.05) is 0 Å². The molecule has 144 valence electrons. The van der Waals surface area contributed by atoms with Gasteiger partial charge in [0.25, 0.3) is 15.9 Å². The fourth-order valence-corrected chi connectivity index (χ4v) is 4.23. The van der Waals surface area contributed by atoms with Gasteiger partial charge in [-0.25, -0.2) is 8.42 Å². The van der Waals surface area contributed by atoms with E-state index in [1.165, 1.54) is 18.6 Å². The molecule has 0 unspecified atom stereocenters. The van der Waals surface area contributed by atoms with Gasteiger partial charge in [0.15, 0.2) is 0 Å². The normalized spacial score (nSPS) is 15.1. The molecule has 1 fully saturated rings. The second-order valence-corrected chi connectivity index (χ2v) is 8.35. The van der Waals surface area contributed by atoms with Crippen LogP contribution in [0.1, 0.15) is 42.5 Å². The maximum Gasteiger partial charge on any atom is 0.261 e. The molecule has 1 aliphatic rings. The zero-order valence-corrected chi connectivity index (χ0v) is 16.1. The van der Waals surface area contributed by atoms with Gasteiger partial charge >= 0.3 is 0 Å². The molecule has 0 spiro atoms. The third kappa shape index (κ3) is 5.01. The van der Waals surface area contributed by atoms with Gasteiger partial charge in [-0.1, -0.05) is 19.3 Å². The minimum absolute atomic E-state index is 0.104. The second kappa shape index (κ2) is 8.43. The highest BCUT2D eigenvalue weighted by atomic mass is 32.2. The lowest BCUT2D eigenvalue weighted by Crippen LogP contribution is -2.36. The van der Waals surface area contributed by atoms with Crippen molar-refractivity contribution in [3.8, 4) is 5.75 Å². The number of anilines is 1. The van der Waals surface area contributed by atoms with Gasteiger partial charge in [0, 0.05) is 17.3 Å². The fraction of sp³-hybridized carbons (Fsp3) is 0.350. The number of benzene rings is 2. The summed E-state index contributed by atoms with van der Waals surface area (Å²) >= 11 is 0. The van der Waals surface area contributed by atoms with E-state index in [-0.39, 0.29) is 16.8 Å². The highest BCUT2D eigenvalue weighted by molar-refractivity contribution is 7.92. The molecular weight excluding hydrogens is 364 g/mol. The summed E-state index contributed by atoms with van der Waals surface area (Å²) in [6, 6.07) is 12.8. The molecule has 0 aliphatic heterocycles. The van der Waals surface area contributed by atoms with E-state index in [0.717, 1.165) is 25.7 Å². The first kappa shape index (κ1) is 19.2. The number of carbonyl (C=O) groups is 1. The first-order valence-corrected chi connectivity index (χ1v) is 10.5. The topological polar surface area (TPSA) is 84.5 Å². The van der Waals surface area contributed by atoms with Crippen molar-refractivity contribution in [1.82, 2.24) is 5.32 Å². The van der Waals surface area contributed by atoms with Crippen molar-refractivity contribution in [2.75, 3.05) is 11.8 Å². The maximum atomic E-state index is 12.5. The van der Waals surface area contributed by atoms with Gasteiger partial charge < -0.3 is 10.1 Å². The van der Waals surface area contributed by atoms with Gasteiger partial charge in [-0.05, 0) is 61.4 Å². The van der Waals surface area contributed by atoms with E-state index < -0.39 is 10.0 Å². The van der Waals surface area contributed by atoms with E-state index in [4.69, 9.17) is 4.74 Å². The molecule has 2 aromatic rings. The lowest BCUT2D eigenvalue weighted by atomic mass is 9.95. The lowest BCUT2D eigenvalue weighted by molar-refractivity contribution is 0.0927. The first-order valence-electron chi connectivity index (χ1n) is 9.06. The summed E-state index contributed by atoms with van der Waals surface area (Å²) in [7, 11) is -2.18. The van der Waals surface area contributed by atoms with Crippen LogP contribution in [0.3, 0.4) is 0 Å². The van der Waals surface area contributed by atoms with Crippen LogP contribution < -0.4 is 14.8 Å². The SMILES string of the molecule is COc1ccc(NS(=O)(=O)c2ccc(C(=O)NC3CCCCC3)cc2)cc1. The number of hydrogen-bond donors (Lipinski definition) is 2. The third-order valence-corrected chi connectivity index (χ3v) is 6.11. The average Bonchev–Trinajstić information content (AvgIpc) is 2.69. The van der Waals surface area contributed by atoms with Crippen molar-refractivity contribution in [1.29, 1.82) is 0 Å². The summed E-state index contributed by atoms with van der Waals surface area (Å²) in [5.41, 5.74) is 0.902. The number of amides is 1. The second-order valence-electron chi connectivity index (χ2n) is 6.67. The molecule has 0 heterocycles. The van der Waals surface area contributed by atoms with E-state index in [2.05, 4.69) is 10.0 Å². The van der Waals surface area contributed by atoms with Gasteiger partial charge in [-0.2, -0.15) is 0 Å². The quantitative estimate of drug-likeness (QED) is 0.792. The smallest absolute Gasteiger partial charge is 0.261 e. The molecule has 0 aromatic heterocycles. The van der Waals surface area contributed by atoms with Crippen LogP contribution in [0.15, 0.2) is 53.4 Å². The Hall–Kier alpha value is -2.54. The molecule has 1 amide bonds. The first-order chi connectivity index (χ1) is 13.0. The molecule has 0 atom stereocenters. The van der Waals surface area contributed by atoms with Crippen molar-refractivity contribution in [3.63, 3.8) is 0 Å². The molecule has 1 saturated carbocycles. The minimum atomic E-state index is -3.73. The predicted molar refractivity (Wildman–Crippen MR) is 105 cm³/mol. The number of hydrogen-bond acceptors (Lipinski definition) is 4. The molecule has 0 bridgehead atoms. The van der Waals surface area contributed by atoms with Gasteiger partial charge in [-0.15, -0.1) is 0 Å². The van der Waals surface area contributed by atoms with E-state index in [0.29, 0.717) is 17.0 Å². The standard InChI is InChI=1S/C20H24N2O4S/c1-26-18-11-9-17(10-12-18)22-27(24,25)19-13-7-15(8-14-19)20(23)21-16-5-3-2-4-6-16/h7-14,16,22H,2-6H2,1H3,(H,21,23). The largest absolute Gasteiger partial charge is 0.497 e. The molecule has 1 aliphatic carbocycles. The molecule has 6 nitrogen and oxygen atoms in total. The van der Waals surface area contributed by atoms with Crippen molar-refractivity contribution < 1.29 is 17.9 Å². The Bertz CT molecular complexity index is 871. The molecular formula is C20H24N2O4S. The lowest BCUT2D eigenvalue weighted by Gasteiger charge is -2.22. The van der Waals surface area contributed by atoms with Crippen molar-refractivity contribution in [3.05, 3.63) is 54.1 Å². The van der Waals surface area contributed by atoms with Crippen molar-refractivity contribution in [2.24, 2.45) is 0 Å². The van der Waals surface area contributed by atoms with Gasteiger partial charge in [0.1, 0.15) is 5.75 Å². The summed E-state index contributed by atoms with van der Waals surface area (Å²) in [6.07, 6.45) is 5.51. The van der Waals surface area contributed by atoms with Crippen LogP contribution in [0.25, 0.3) is 0 Å².